The number of ketones is 1. The summed E-state index contributed by atoms with van der Waals surface area (Å²) in [6, 6.07) is 25.7. The lowest BCUT2D eigenvalue weighted by atomic mass is 9.92. The highest BCUT2D eigenvalue weighted by atomic mass is 16.1. The number of hydrogen-bond donors (Lipinski definition) is 0. The third-order valence-corrected chi connectivity index (χ3v) is 5.29. The van der Waals surface area contributed by atoms with E-state index >= 15 is 0 Å². The monoisotopic (exact) mass is 373 g/mol. The Kier molecular flexibility index (Phi) is 3.98. The van der Waals surface area contributed by atoms with Gasteiger partial charge in [0.05, 0.1) is 0 Å². The molecule has 0 N–H and O–H groups in total. The van der Waals surface area contributed by atoms with Gasteiger partial charge in [0.2, 0.25) is 0 Å². The van der Waals surface area contributed by atoms with Crippen molar-refractivity contribution >= 4 is 49.9 Å². The van der Waals surface area contributed by atoms with Crippen molar-refractivity contribution in [2.45, 2.75) is 0 Å². The molecule has 5 aromatic rings. The summed E-state index contributed by atoms with van der Waals surface area (Å²) < 4.78 is 0. The van der Waals surface area contributed by atoms with E-state index in [9.17, 15) is 4.79 Å². The van der Waals surface area contributed by atoms with Gasteiger partial charge in [-0.25, -0.2) is 0 Å². The number of azide groups is 1. The molecule has 5 aromatic carbocycles. The van der Waals surface area contributed by atoms with Crippen LogP contribution in [0.4, 0.5) is 5.69 Å². The Balaban J connectivity index is 1.58. The second-order valence-corrected chi connectivity index (χ2v) is 6.94. The van der Waals surface area contributed by atoms with Crippen LogP contribution < -0.4 is 0 Å². The van der Waals surface area contributed by atoms with Gasteiger partial charge in [0.15, 0.2) is 5.78 Å². The molecule has 5 rings (SSSR count). The van der Waals surface area contributed by atoms with Crippen LogP contribution in [0, 0.1) is 0 Å². The lowest BCUT2D eigenvalue weighted by Gasteiger charge is -2.12. The Morgan fingerprint density at radius 2 is 1.45 bits per heavy atom. The zero-order chi connectivity index (χ0) is 19.8. The average molecular weight is 373 g/mol. The van der Waals surface area contributed by atoms with Crippen molar-refractivity contribution in [2.75, 3.05) is 0 Å². The van der Waals surface area contributed by atoms with E-state index in [4.69, 9.17) is 5.53 Å². The van der Waals surface area contributed by atoms with Gasteiger partial charge in [0.25, 0.3) is 0 Å². The summed E-state index contributed by atoms with van der Waals surface area (Å²) in [5.41, 5.74) is 10.5. The minimum absolute atomic E-state index is 0.0943. The van der Waals surface area contributed by atoms with Crippen LogP contribution in [-0.2, 0) is 0 Å². The summed E-state index contributed by atoms with van der Waals surface area (Å²) in [7, 11) is 0. The summed E-state index contributed by atoms with van der Waals surface area (Å²) in [4.78, 5) is 15.3. The number of carbonyl (C=O) groups is 1. The highest BCUT2D eigenvalue weighted by molar-refractivity contribution is 6.24. The van der Waals surface area contributed by atoms with Crippen LogP contribution in [0.3, 0.4) is 0 Å². The molecular formula is C25H15N3O. The normalized spacial score (nSPS) is 11.4. The van der Waals surface area contributed by atoms with Crippen molar-refractivity contribution in [3.8, 4) is 0 Å². The van der Waals surface area contributed by atoms with Crippen molar-refractivity contribution in [2.24, 2.45) is 5.11 Å². The standard InChI is InChI=1S/C25H15N3O/c26-28-27-21-12-8-17(9-13-21)23(29)15-11-16-4-5-20-7-6-18-2-1-3-19-10-14-22(16)25(20)24(18)19/h1-15H. The van der Waals surface area contributed by atoms with Gasteiger partial charge < -0.3 is 0 Å². The minimum Gasteiger partial charge on any atom is -0.289 e. The zero-order valence-electron chi connectivity index (χ0n) is 15.4. The Hall–Kier alpha value is -4.14. The van der Waals surface area contributed by atoms with Gasteiger partial charge in [-0.05, 0) is 49.5 Å². The first kappa shape index (κ1) is 17.0. The molecule has 0 aliphatic carbocycles. The van der Waals surface area contributed by atoms with Crippen LogP contribution >= 0.6 is 0 Å². The van der Waals surface area contributed by atoms with Crippen molar-refractivity contribution in [1.82, 2.24) is 0 Å². The fourth-order valence-electron chi connectivity index (χ4n) is 3.91. The molecule has 0 bridgehead atoms. The Bertz CT molecular complexity index is 1440. The van der Waals surface area contributed by atoms with Crippen molar-refractivity contribution in [1.29, 1.82) is 0 Å². The first-order valence-electron chi connectivity index (χ1n) is 9.29. The maximum atomic E-state index is 12.6. The van der Waals surface area contributed by atoms with Crippen LogP contribution in [0.1, 0.15) is 15.9 Å². The summed E-state index contributed by atoms with van der Waals surface area (Å²) in [5, 5.41) is 10.8. The van der Waals surface area contributed by atoms with Crippen molar-refractivity contribution in [3.05, 3.63) is 107 Å². The fourth-order valence-corrected chi connectivity index (χ4v) is 3.91. The molecule has 0 saturated carbocycles. The van der Waals surface area contributed by atoms with Gasteiger partial charge in [-0.2, -0.15) is 0 Å². The van der Waals surface area contributed by atoms with Crippen LogP contribution in [0.2, 0.25) is 0 Å². The molecular weight excluding hydrogens is 358 g/mol. The maximum absolute atomic E-state index is 12.6. The molecule has 0 saturated heterocycles. The molecule has 0 radical (unpaired) electrons. The van der Waals surface area contributed by atoms with E-state index in [-0.39, 0.29) is 5.78 Å². The van der Waals surface area contributed by atoms with E-state index in [1.165, 1.54) is 26.9 Å². The lowest BCUT2D eigenvalue weighted by Crippen LogP contribution is -1.93. The van der Waals surface area contributed by atoms with Crippen LogP contribution in [0.5, 0.6) is 0 Å². The number of rotatable bonds is 4. The van der Waals surface area contributed by atoms with Crippen LogP contribution in [0.15, 0.2) is 90.1 Å². The van der Waals surface area contributed by atoms with Gasteiger partial charge in [0, 0.05) is 16.2 Å². The van der Waals surface area contributed by atoms with Crippen molar-refractivity contribution < 1.29 is 4.79 Å². The Morgan fingerprint density at radius 3 is 2.17 bits per heavy atom. The predicted octanol–water partition coefficient (Wildman–Crippen LogP) is 7.42. The molecule has 4 nitrogen and oxygen atoms in total. The van der Waals surface area contributed by atoms with Crippen LogP contribution in [0.25, 0.3) is 48.8 Å². The second-order valence-electron chi connectivity index (χ2n) is 6.94. The van der Waals surface area contributed by atoms with E-state index in [0.29, 0.717) is 11.3 Å². The molecule has 0 unspecified atom stereocenters. The second kappa shape index (κ2) is 6.79. The number of carbonyl (C=O) groups excluding carboxylic acids is 1. The largest absolute Gasteiger partial charge is 0.289 e. The summed E-state index contributed by atoms with van der Waals surface area (Å²) in [5.74, 6) is -0.0943. The maximum Gasteiger partial charge on any atom is 0.185 e. The Labute approximate surface area is 166 Å². The smallest absolute Gasteiger partial charge is 0.185 e. The average Bonchev–Trinajstić information content (AvgIpc) is 2.77. The number of benzene rings is 5. The highest BCUT2D eigenvalue weighted by Gasteiger charge is 2.10. The van der Waals surface area contributed by atoms with Gasteiger partial charge in [-0.1, -0.05) is 90.1 Å². The summed E-state index contributed by atoms with van der Waals surface area (Å²) in [6.45, 7) is 0. The summed E-state index contributed by atoms with van der Waals surface area (Å²) in [6.07, 6.45) is 3.46. The molecule has 0 spiro atoms. The molecule has 0 aliphatic rings. The lowest BCUT2D eigenvalue weighted by molar-refractivity contribution is 0.104. The first-order chi connectivity index (χ1) is 14.2. The number of allylic oxidation sites excluding steroid dienone is 1. The molecule has 136 valence electrons. The number of hydrogen-bond acceptors (Lipinski definition) is 2. The van der Waals surface area contributed by atoms with E-state index in [1.807, 2.05) is 6.08 Å². The molecule has 0 atom stereocenters. The minimum atomic E-state index is -0.0943. The Morgan fingerprint density at radius 1 is 0.793 bits per heavy atom. The predicted molar refractivity (Wildman–Crippen MR) is 119 cm³/mol. The SMILES string of the molecule is [N-]=[N+]=Nc1ccc(C(=O)C=Cc2ccc3ccc4cccc5ccc2c3c45)cc1. The summed E-state index contributed by atoms with van der Waals surface area (Å²) >= 11 is 0. The fraction of sp³-hybridized carbons (Fsp3) is 0. The molecule has 29 heavy (non-hydrogen) atoms. The van der Waals surface area contributed by atoms with Gasteiger partial charge in [-0.3, -0.25) is 4.79 Å². The molecule has 0 heterocycles. The quantitative estimate of drug-likeness (QED) is 0.0807. The third kappa shape index (κ3) is 2.89. The molecule has 0 fully saturated rings. The van der Waals surface area contributed by atoms with Crippen LogP contribution in [-0.4, -0.2) is 5.78 Å². The zero-order valence-corrected chi connectivity index (χ0v) is 15.4. The van der Waals surface area contributed by atoms with E-state index in [2.05, 4.69) is 64.6 Å². The first-order valence-corrected chi connectivity index (χ1v) is 9.29. The highest BCUT2D eigenvalue weighted by Crippen LogP contribution is 2.36. The number of nitrogens with zero attached hydrogens (tertiary/aromatic N) is 3. The van der Waals surface area contributed by atoms with Gasteiger partial charge in [0.1, 0.15) is 0 Å². The molecule has 4 heteroatoms. The molecule has 0 amide bonds. The van der Waals surface area contributed by atoms with Gasteiger partial charge in [-0.15, -0.1) is 0 Å². The third-order valence-electron chi connectivity index (χ3n) is 5.29. The molecule has 0 aromatic heterocycles. The topological polar surface area (TPSA) is 65.8 Å². The van der Waals surface area contributed by atoms with E-state index in [0.717, 1.165) is 10.9 Å². The van der Waals surface area contributed by atoms with E-state index in [1.54, 1.807) is 30.3 Å². The van der Waals surface area contributed by atoms with E-state index < -0.39 is 0 Å². The molecule has 0 aliphatic heterocycles. The van der Waals surface area contributed by atoms with Crippen molar-refractivity contribution in [3.63, 3.8) is 0 Å². The van der Waals surface area contributed by atoms with Gasteiger partial charge >= 0.3 is 0 Å².